The highest BCUT2D eigenvalue weighted by Crippen LogP contribution is 2.56. The lowest BCUT2D eigenvalue weighted by atomic mass is 9.87. The third kappa shape index (κ3) is 15.9. The maximum absolute atomic E-state index is 12.5. The fourth-order valence-corrected chi connectivity index (χ4v) is 8.50. The highest BCUT2D eigenvalue weighted by atomic mass is 32.2. The molecule has 6 N–H and O–H groups in total. The molecule has 29 heteroatoms. The van der Waals surface area contributed by atoms with E-state index in [1.54, 1.807) is 0 Å². The molecule has 2 amide bonds. The smallest absolute Gasteiger partial charge is 0.274 e. The molecule has 2 unspecified atom stereocenters. The van der Waals surface area contributed by atoms with Gasteiger partial charge in [-0.05, 0) is 0 Å². The molecule has 2 aromatic rings. The molecule has 324 valence electrons. The fourth-order valence-electron chi connectivity index (χ4n) is 5.04. The quantitative estimate of drug-likeness (QED) is 0.0413. The predicted octanol–water partition coefficient (Wildman–Crippen LogP) is -3.38. The molecular formula is C28H46N8O17P3S-3. The van der Waals surface area contributed by atoms with Gasteiger partial charge in [-0.1, -0.05) is 25.6 Å². The molecule has 0 aliphatic carbocycles. The lowest BCUT2D eigenvalue weighted by Crippen LogP contribution is -2.46. The van der Waals surface area contributed by atoms with E-state index in [1.807, 2.05) is 21.1 Å². The van der Waals surface area contributed by atoms with E-state index in [0.29, 0.717) is 12.2 Å². The first kappa shape index (κ1) is 48.9. The van der Waals surface area contributed by atoms with Gasteiger partial charge < -0.3 is 73.5 Å². The van der Waals surface area contributed by atoms with Gasteiger partial charge in [-0.2, -0.15) is 0 Å². The molecular weight excluding hydrogens is 845 g/mol. The van der Waals surface area contributed by atoms with Crippen molar-refractivity contribution in [2.75, 3.05) is 65.5 Å². The van der Waals surface area contributed by atoms with Crippen molar-refractivity contribution < 1.29 is 85.0 Å². The maximum Gasteiger partial charge on any atom is 0.274 e. The van der Waals surface area contributed by atoms with Crippen LogP contribution in [0.3, 0.4) is 0 Å². The summed E-state index contributed by atoms with van der Waals surface area (Å²) >= 11 is 1.10. The fraction of sp³-hybridized carbons (Fsp3) is 0.714. The van der Waals surface area contributed by atoms with E-state index >= 15 is 0 Å². The van der Waals surface area contributed by atoms with Crippen LogP contribution < -0.4 is 35.9 Å². The number of aromatic nitrogens is 4. The van der Waals surface area contributed by atoms with Crippen LogP contribution in [0, 0.1) is 5.41 Å². The van der Waals surface area contributed by atoms with Crippen LogP contribution in [-0.2, 0) is 50.7 Å². The molecule has 3 rings (SSSR count). The number of ether oxygens (including phenoxy) is 1. The molecule has 0 bridgehead atoms. The Morgan fingerprint density at radius 3 is 2.37 bits per heavy atom. The predicted molar refractivity (Wildman–Crippen MR) is 190 cm³/mol. The Balaban J connectivity index is 1.46. The Kier molecular flexibility index (Phi) is 17.3. The summed E-state index contributed by atoms with van der Waals surface area (Å²) in [5.74, 6) is -1.17. The summed E-state index contributed by atoms with van der Waals surface area (Å²) in [5, 5.41) is 26.3. The molecule has 0 aromatic carbocycles. The first-order valence-electron chi connectivity index (χ1n) is 17.0. The number of phosphoric acid groups is 3. The number of aliphatic hydroxyl groups excluding tert-OH is 2. The van der Waals surface area contributed by atoms with Crippen molar-refractivity contribution in [1.82, 2.24) is 30.2 Å². The Morgan fingerprint density at radius 1 is 1.05 bits per heavy atom. The summed E-state index contributed by atoms with van der Waals surface area (Å²) in [7, 11) is -11.5. The van der Waals surface area contributed by atoms with Crippen LogP contribution in [0.1, 0.15) is 39.3 Å². The van der Waals surface area contributed by atoms with Gasteiger partial charge in [0.15, 0.2) is 22.8 Å². The van der Waals surface area contributed by atoms with Gasteiger partial charge in [0.1, 0.15) is 36.3 Å². The standard InChI is InChI=1S/C28H49N8O17P3S/c1-28(2,23(40)26(41)31-9-8-18(37)30-10-12-57-19(38)7-6-11-36(3,4)5)14-50-56(47,48)53-55(45,46)49-13-17-22(52-54(42,43)44)21(39)27(51-17)35-16-34-20-24(29)32-15-33-25(20)35/h15-17,21-23,27,39-40H,6-14H2,1-5H3,(H7-,29,30,31,32,33,37,41,42,43,44,45,46,47,48)/p-3/t17-,21-,22-,23+,27-/m1/s1. The normalized spacial score (nSPS) is 21.8. The molecule has 25 nitrogen and oxygen atoms in total. The highest BCUT2D eigenvalue weighted by molar-refractivity contribution is 8.13. The van der Waals surface area contributed by atoms with Gasteiger partial charge in [-0.15, -0.1) is 0 Å². The lowest BCUT2D eigenvalue weighted by Gasteiger charge is -2.36. The van der Waals surface area contributed by atoms with Crippen LogP contribution in [0.4, 0.5) is 5.82 Å². The summed E-state index contributed by atoms with van der Waals surface area (Å²) < 4.78 is 61.3. The molecule has 3 heterocycles. The summed E-state index contributed by atoms with van der Waals surface area (Å²) in [6, 6.07) is 0. The Morgan fingerprint density at radius 2 is 1.72 bits per heavy atom. The van der Waals surface area contributed by atoms with E-state index in [1.165, 1.54) is 13.8 Å². The highest BCUT2D eigenvalue weighted by Gasteiger charge is 2.47. The SMILES string of the molecule is CC(C)(COP(=O)([O-])OP(=O)([O-])OC[C@H]1O[C@@H](n2cnc3c(N)ncnc32)[C@H](O)[C@@H]1OP(=O)([O-])[O-])[C@@H](O)C(=O)NCCC(=O)NCCSC(=O)CCC[N+](C)(C)C. The minimum atomic E-state index is -5.91. The molecule has 0 saturated carbocycles. The number of aliphatic hydroxyl groups is 2. The van der Waals surface area contributed by atoms with Crippen molar-refractivity contribution >= 4 is 69.1 Å². The number of anilines is 1. The van der Waals surface area contributed by atoms with Crippen LogP contribution in [0.25, 0.3) is 11.2 Å². The van der Waals surface area contributed by atoms with Gasteiger partial charge in [0, 0.05) is 43.5 Å². The zero-order valence-corrected chi connectivity index (χ0v) is 35.0. The average molecular weight is 892 g/mol. The number of hydrogen-bond acceptors (Lipinski definition) is 22. The number of amides is 2. The summed E-state index contributed by atoms with van der Waals surface area (Å²) in [5.41, 5.74) is 4.07. The van der Waals surface area contributed by atoms with E-state index in [9.17, 15) is 57.9 Å². The monoisotopic (exact) mass is 891 g/mol. The van der Waals surface area contributed by atoms with Crippen molar-refractivity contribution in [1.29, 1.82) is 0 Å². The van der Waals surface area contributed by atoms with E-state index in [2.05, 4.69) is 43.5 Å². The van der Waals surface area contributed by atoms with Crippen LogP contribution in [0.15, 0.2) is 12.7 Å². The Bertz CT molecular complexity index is 1860. The van der Waals surface area contributed by atoms with E-state index in [-0.39, 0.29) is 41.6 Å². The van der Waals surface area contributed by atoms with Gasteiger partial charge in [-0.3, -0.25) is 28.1 Å². The topological polar surface area (TPSA) is 375 Å². The molecule has 0 radical (unpaired) electrons. The number of nitrogens with one attached hydrogen (secondary N) is 2. The second-order valence-electron chi connectivity index (χ2n) is 14.3. The molecule has 57 heavy (non-hydrogen) atoms. The molecule has 1 aliphatic heterocycles. The number of nitrogen functional groups attached to an aromatic ring is 1. The van der Waals surface area contributed by atoms with Crippen molar-refractivity contribution in [3.63, 3.8) is 0 Å². The number of nitrogens with zero attached hydrogens (tertiary/aromatic N) is 5. The number of fused-ring (bicyclic) bond motifs is 1. The number of carbonyl (C=O) groups is 3. The first-order chi connectivity index (χ1) is 26.2. The first-order valence-corrected chi connectivity index (χ1v) is 22.3. The largest absolute Gasteiger partial charge is 0.790 e. The Labute approximate surface area is 331 Å². The minimum Gasteiger partial charge on any atom is -0.790 e. The summed E-state index contributed by atoms with van der Waals surface area (Å²) in [6.07, 6.45) is -6.41. The molecule has 1 aliphatic rings. The van der Waals surface area contributed by atoms with Crippen LogP contribution in [0.5, 0.6) is 0 Å². The number of nitrogens with two attached hydrogens (primary N) is 1. The average Bonchev–Trinajstić information content (AvgIpc) is 3.64. The van der Waals surface area contributed by atoms with E-state index < -0.39 is 84.6 Å². The molecule has 2 aromatic heterocycles. The van der Waals surface area contributed by atoms with E-state index in [0.717, 1.165) is 46.4 Å². The van der Waals surface area contributed by atoms with Crippen molar-refractivity contribution in [3.8, 4) is 0 Å². The van der Waals surface area contributed by atoms with Crippen LogP contribution >= 0.6 is 35.2 Å². The number of phosphoric ester groups is 3. The number of imidazole rings is 1. The number of carbonyl (C=O) groups excluding carboxylic acids is 3. The van der Waals surface area contributed by atoms with Crippen molar-refractivity contribution in [2.24, 2.45) is 5.41 Å². The Hall–Kier alpha value is -2.48. The summed E-state index contributed by atoms with van der Waals surface area (Å²) in [4.78, 5) is 96.1. The maximum atomic E-state index is 12.5. The second-order valence-corrected chi connectivity index (χ2v) is 19.5. The zero-order chi connectivity index (χ0) is 43.0. The van der Waals surface area contributed by atoms with Crippen LogP contribution in [0.2, 0.25) is 0 Å². The van der Waals surface area contributed by atoms with E-state index in [4.69, 9.17) is 10.5 Å². The molecule has 1 fully saturated rings. The van der Waals surface area contributed by atoms with Gasteiger partial charge in [0.25, 0.3) is 15.6 Å². The van der Waals surface area contributed by atoms with Gasteiger partial charge >= 0.3 is 0 Å². The summed E-state index contributed by atoms with van der Waals surface area (Å²) in [6.45, 7) is 0.976. The third-order valence-electron chi connectivity index (χ3n) is 7.95. The third-order valence-corrected chi connectivity index (χ3v) is 11.9. The number of quaternary nitrogens is 1. The minimum absolute atomic E-state index is 0.0123. The van der Waals surface area contributed by atoms with Crippen molar-refractivity contribution in [2.45, 2.75) is 63.8 Å². The molecule has 7 atom stereocenters. The number of rotatable bonds is 23. The number of thioether (sulfide) groups is 1. The number of hydrogen-bond donors (Lipinski definition) is 5. The molecule has 1 saturated heterocycles. The van der Waals surface area contributed by atoms with Gasteiger partial charge in [0.05, 0.1) is 55.1 Å². The zero-order valence-electron chi connectivity index (χ0n) is 31.5. The molecule has 0 spiro atoms. The van der Waals surface area contributed by atoms with Gasteiger partial charge in [-0.25, -0.2) is 19.3 Å². The second kappa shape index (κ2) is 20.2. The van der Waals surface area contributed by atoms with Crippen LogP contribution in [-0.4, -0.2) is 135 Å². The van der Waals surface area contributed by atoms with Gasteiger partial charge in [0.2, 0.25) is 11.8 Å². The van der Waals surface area contributed by atoms with Crippen molar-refractivity contribution in [3.05, 3.63) is 12.7 Å². The lowest BCUT2D eigenvalue weighted by molar-refractivity contribution is -0.870.